The van der Waals surface area contributed by atoms with Gasteiger partial charge in [0.25, 0.3) is 0 Å². The zero-order chi connectivity index (χ0) is 19.1. The molecule has 1 fully saturated rings. The van der Waals surface area contributed by atoms with Crippen molar-refractivity contribution in [3.8, 4) is 0 Å². The van der Waals surface area contributed by atoms with Gasteiger partial charge in [0.15, 0.2) is 0 Å². The van der Waals surface area contributed by atoms with Crippen LogP contribution in [0, 0.1) is 6.92 Å². The van der Waals surface area contributed by atoms with Gasteiger partial charge in [0.05, 0.1) is 19.3 Å². The SMILES string of the molecule is Cc1cccc(CCC(=O)NC[C@@H](c2ccccc2Cl)N2CCOCC2)c1. The van der Waals surface area contributed by atoms with Crippen LogP contribution in [0.1, 0.15) is 29.2 Å². The molecule has 0 unspecified atom stereocenters. The Labute approximate surface area is 166 Å². The molecule has 0 spiro atoms. The number of hydrogen-bond acceptors (Lipinski definition) is 3. The van der Waals surface area contributed by atoms with Gasteiger partial charge in [-0.1, -0.05) is 59.6 Å². The van der Waals surface area contributed by atoms with Crippen LogP contribution < -0.4 is 5.32 Å². The standard InChI is InChI=1S/C22H27ClN2O2/c1-17-5-4-6-18(15-17)9-10-22(26)24-16-21(25-11-13-27-14-12-25)19-7-2-3-8-20(19)23/h2-8,15,21H,9-14,16H2,1H3,(H,24,26)/t21-/m0/s1. The molecule has 3 rings (SSSR count). The highest BCUT2D eigenvalue weighted by molar-refractivity contribution is 6.31. The third kappa shape index (κ3) is 5.80. The van der Waals surface area contributed by atoms with Gasteiger partial charge >= 0.3 is 0 Å². The number of ether oxygens (including phenoxy) is 1. The van der Waals surface area contributed by atoms with E-state index in [4.69, 9.17) is 16.3 Å². The van der Waals surface area contributed by atoms with Crippen molar-refractivity contribution < 1.29 is 9.53 Å². The van der Waals surface area contributed by atoms with Crippen molar-refractivity contribution in [1.82, 2.24) is 10.2 Å². The van der Waals surface area contributed by atoms with E-state index in [9.17, 15) is 4.79 Å². The molecule has 2 aromatic carbocycles. The van der Waals surface area contributed by atoms with Crippen LogP contribution in [0.3, 0.4) is 0 Å². The molecule has 1 saturated heterocycles. The molecule has 1 amide bonds. The van der Waals surface area contributed by atoms with Gasteiger partial charge in [-0.15, -0.1) is 0 Å². The molecule has 4 nitrogen and oxygen atoms in total. The van der Waals surface area contributed by atoms with Crippen LogP contribution in [0.15, 0.2) is 48.5 Å². The Morgan fingerprint density at radius 1 is 1.19 bits per heavy atom. The molecular weight excluding hydrogens is 360 g/mol. The van der Waals surface area contributed by atoms with Gasteiger partial charge < -0.3 is 10.1 Å². The number of carbonyl (C=O) groups excluding carboxylic acids is 1. The largest absolute Gasteiger partial charge is 0.379 e. The highest BCUT2D eigenvalue weighted by Crippen LogP contribution is 2.27. The summed E-state index contributed by atoms with van der Waals surface area (Å²) in [7, 11) is 0. The molecule has 5 heteroatoms. The van der Waals surface area contributed by atoms with Crippen molar-refractivity contribution in [3.05, 3.63) is 70.2 Å². The van der Waals surface area contributed by atoms with Crippen LogP contribution in [-0.4, -0.2) is 43.7 Å². The van der Waals surface area contributed by atoms with E-state index in [-0.39, 0.29) is 11.9 Å². The number of hydrogen-bond donors (Lipinski definition) is 1. The van der Waals surface area contributed by atoms with Gasteiger partial charge in [0, 0.05) is 31.1 Å². The summed E-state index contributed by atoms with van der Waals surface area (Å²) in [6.45, 7) is 5.73. The minimum Gasteiger partial charge on any atom is -0.379 e. The van der Waals surface area contributed by atoms with E-state index in [0.29, 0.717) is 26.2 Å². The molecule has 1 heterocycles. The molecule has 27 heavy (non-hydrogen) atoms. The second kappa shape index (κ2) is 9.88. The predicted molar refractivity (Wildman–Crippen MR) is 109 cm³/mol. The first-order valence-electron chi connectivity index (χ1n) is 9.52. The molecule has 1 N–H and O–H groups in total. The number of aryl methyl sites for hydroxylation is 2. The Morgan fingerprint density at radius 3 is 2.70 bits per heavy atom. The predicted octanol–water partition coefficient (Wildman–Crippen LogP) is 3.77. The second-order valence-corrected chi connectivity index (χ2v) is 7.39. The highest BCUT2D eigenvalue weighted by Gasteiger charge is 2.24. The lowest BCUT2D eigenvalue weighted by Gasteiger charge is -2.35. The molecule has 0 saturated carbocycles. The van der Waals surface area contributed by atoms with Crippen LogP contribution in [0.4, 0.5) is 0 Å². The first kappa shape index (κ1) is 19.9. The number of nitrogens with one attached hydrogen (secondary N) is 1. The quantitative estimate of drug-likeness (QED) is 0.787. The van der Waals surface area contributed by atoms with Crippen molar-refractivity contribution >= 4 is 17.5 Å². The maximum absolute atomic E-state index is 12.4. The summed E-state index contributed by atoms with van der Waals surface area (Å²) in [5.41, 5.74) is 3.47. The average molecular weight is 387 g/mol. The Bertz CT molecular complexity index is 759. The number of rotatable bonds is 7. The topological polar surface area (TPSA) is 41.6 Å². The zero-order valence-corrected chi connectivity index (χ0v) is 16.5. The minimum absolute atomic E-state index is 0.0607. The Balaban J connectivity index is 1.60. The summed E-state index contributed by atoms with van der Waals surface area (Å²) in [6.07, 6.45) is 1.24. The van der Waals surface area contributed by atoms with Gasteiger partial charge in [0.2, 0.25) is 5.91 Å². The number of halogens is 1. The second-order valence-electron chi connectivity index (χ2n) is 6.98. The smallest absolute Gasteiger partial charge is 0.220 e. The summed E-state index contributed by atoms with van der Waals surface area (Å²) in [4.78, 5) is 14.8. The van der Waals surface area contributed by atoms with Crippen LogP contribution in [0.2, 0.25) is 5.02 Å². The van der Waals surface area contributed by atoms with E-state index in [1.54, 1.807) is 0 Å². The average Bonchev–Trinajstić information content (AvgIpc) is 2.69. The summed E-state index contributed by atoms with van der Waals surface area (Å²) in [6, 6.07) is 16.2. The molecule has 2 aromatic rings. The van der Waals surface area contributed by atoms with Gasteiger partial charge in [0.1, 0.15) is 0 Å². The monoisotopic (exact) mass is 386 g/mol. The summed E-state index contributed by atoms with van der Waals surface area (Å²) < 4.78 is 5.48. The van der Waals surface area contributed by atoms with Gasteiger partial charge in [-0.3, -0.25) is 9.69 Å². The van der Waals surface area contributed by atoms with Crippen LogP contribution >= 0.6 is 11.6 Å². The molecule has 1 atom stereocenters. The third-order valence-electron chi connectivity index (χ3n) is 4.97. The van der Waals surface area contributed by atoms with Crippen LogP contribution in [0.5, 0.6) is 0 Å². The number of amides is 1. The Morgan fingerprint density at radius 2 is 1.96 bits per heavy atom. The van der Waals surface area contributed by atoms with Gasteiger partial charge in [-0.05, 0) is 30.5 Å². The van der Waals surface area contributed by atoms with E-state index < -0.39 is 0 Å². The van der Waals surface area contributed by atoms with Crippen LogP contribution in [0.25, 0.3) is 0 Å². The lowest BCUT2D eigenvalue weighted by atomic mass is 10.0. The number of morpholine rings is 1. The Hall–Kier alpha value is -1.88. The highest BCUT2D eigenvalue weighted by atomic mass is 35.5. The van der Waals surface area contributed by atoms with Gasteiger partial charge in [-0.25, -0.2) is 0 Å². The number of benzene rings is 2. The number of nitrogens with zero attached hydrogens (tertiary/aromatic N) is 1. The molecule has 0 bridgehead atoms. The zero-order valence-electron chi connectivity index (χ0n) is 15.8. The minimum atomic E-state index is 0.0607. The fraction of sp³-hybridized carbons (Fsp3) is 0.409. The summed E-state index contributed by atoms with van der Waals surface area (Å²) in [5.74, 6) is 0.0711. The summed E-state index contributed by atoms with van der Waals surface area (Å²) >= 11 is 6.44. The summed E-state index contributed by atoms with van der Waals surface area (Å²) in [5, 5.41) is 3.85. The van der Waals surface area contributed by atoms with Crippen molar-refractivity contribution in [2.75, 3.05) is 32.8 Å². The molecule has 1 aliphatic heterocycles. The Kier molecular flexibility index (Phi) is 7.27. The van der Waals surface area contributed by atoms with Crippen molar-refractivity contribution in [2.45, 2.75) is 25.8 Å². The van der Waals surface area contributed by atoms with Crippen molar-refractivity contribution in [3.63, 3.8) is 0 Å². The normalized spacial score (nSPS) is 16.1. The first-order valence-corrected chi connectivity index (χ1v) is 9.90. The fourth-order valence-corrected chi connectivity index (χ4v) is 3.76. The van der Waals surface area contributed by atoms with E-state index in [0.717, 1.165) is 30.1 Å². The van der Waals surface area contributed by atoms with E-state index >= 15 is 0 Å². The molecule has 0 aromatic heterocycles. The molecule has 0 radical (unpaired) electrons. The maximum Gasteiger partial charge on any atom is 0.220 e. The number of carbonyl (C=O) groups is 1. The van der Waals surface area contributed by atoms with E-state index in [1.807, 2.05) is 30.3 Å². The molecule has 0 aliphatic carbocycles. The third-order valence-corrected chi connectivity index (χ3v) is 5.31. The van der Waals surface area contributed by atoms with Crippen molar-refractivity contribution in [1.29, 1.82) is 0 Å². The van der Waals surface area contributed by atoms with E-state index in [2.05, 4.69) is 35.3 Å². The first-order chi connectivity index (χ1) is 13.1. The van der Waals surface area contributed by atoms with Crippen molar-refractivity contribution in [2.24, 2.45) is 0 Å². The maximum atomic E-state index is 12.4. The van der Waals surface area contributed by atoms with E-state index in [1.165, 1.54) is 11.1 Å². The lowest BCUT2D eigenvalue weighted by molar-refractivity contribution is -0.121. The molecular formula is C22H27ClN2O2. The fourth-order valence-electron chi connectivity index (χ4n) is 3.49. The molecule has 1 aliphatic rings. The van der Waals surface area contributed by atoms with Crippen LogP contribution in [-0.2, 0) is 16.0 Å². The lowest BCUT2D eigenvalue weighted by Crippen LogP contribution is -2.44. The van der Waals surface area contributed by atoms with Gasteiger partial charge in [-0.2, -0.15) is 0 Å². The molecule has 144 valence electrons.